The van der Waals surface area contributed by atoms with Crippen molar-refractivity contribution in [3.05, 3.63) is 45.3 Å². The average Bonchev–Trinajstić information content (AvgIpc) is 2.12. The summed E-state index contributed by atoms with van der Waals surface area (Å²) in [4.78, 5) is 11.4. The minimum absolute atomic E-state index is 0.0782. The summed E-state index contributed by atoms with van der Waals surface area (Å²) in [5.41, 5.74) is 6.97. The lowest BCUT2D eigenvalue weighted by Crippen LogP contribution is -2.12. The van der Waals surface area contributed by atoms with Crippen molar-refractivity contribution in [2.45, 2.75) is 0 Å². The van der Waals surface area contributed by atoms with Gasteiger partial charge in [0.1, 0.15) is 0 Å². The van der Waals surface area contributed by atoms with Crippen LogP contribution in [0.1, 0.15) is 0 Å². The number of aromatic nitrogens is 1. The molecule has 2 heterocycles. The fourth-order valence-electron chi connectivity index (χ4n) is 1.26. The third-order valence-corrected chi connectivity index (χ3v) is 2.50. The topological polar surface area (TPSA) is 47.5 Å². The van der Waals surface area contributed by atoms with E-state index in [1.807, 2.05) is 6.07 Å². The molecule has 0 atom stereocenters. The Morgan fingerprint density at radius 3 is 2.77 bits per heavy atom. The van der Waals surface area contributed by atoms with Gasteiger partial charge in [-0.05, 0) is 34.1 Å². The van der Waals surface area contributed by atoms with Crippen LogP contribution >= 0.6 is 15.9 Å². The Morgan fingerprint density at radius 2 is 2.08 bits per heavy atom. The van der Waals surface area contributed by atoms with Gasteiger partial charge in [-0.2, -0.15) is 0 Å². The van der Waals surface area contributed by atoms with Crippen molar-refractivity contribution in [1.29, 1.82) is 0 Å². The van der Waals surface area contributed by atoms with E-state index >= 15 is 0 Å². The zero-order valence-corrected chi connectivity index (χ0v) is 8.28. The van der Waals surface area contributed by atoms with Crippen molar-refractivity contribution < 1.29 is 0 Å². The SMILES string of the molecule is Nc1ccc(=O)n2cccc(Br)c12. The first kappa shape index (κ1) is 8.31. The third kappa shape index (κ3) is 1.23. The summed E-state index contributed by atoms with van der Waals surface area (Å²) in [6.07, 6.45) is 1.69. The van der Waals surface area contributed by atoms with Crippen molar-refractivity contribution in [1.82, 2.24) is 4.40 Å². The highest BCUT2D eigenvalue weighted by atomic mass is 79.9. The number of halogens is 1. The van der Waals surface area contributed by atoms with Crippen molar-refractivity contribution in [2.75, 3.05) is 5.73 Å². The van der Waals surface area contributed by atoms with Gasteiger partial charge in [0, 0.05) is 16.7 Å². The van der Waals surface area contributed by atoms with Gasteiger partial charge in [-0.25, -0.2) is 0 Å². The van der Waals surface area contributed by atoms with E-state index < -0.39 is 0 Å². The van der Waals surface area contributed by atoms with Gasteiger partial charge in [0.05, 0.1) is 11.2 Å². The molecule has 0 fully saturated rings. The Balaban J connectivity index is 3.09. The molecule has 3 nitrogen and oxygen atoms in total. The maximum Gasteiger partial charge on any atom is 0.255 e. The Hall–Kier alpha value is -1.29. The molecule has 0 amide bonds. The fraction of sp³-hybridized carbons (Fsp3) is 0. The van der Waals surface area contributed by atoms with Crippen LogP contribution < -0.4 is 11.3 Å². The number of pyridine rings is 2. The predicted octanol–water partition coefficient (Wildman–Crippen LogP) is 1.64. The molecule has 0 aliphatic carbocycles. The lowest BCUT2D eigenvalue weighted by Gasteiger charge is -2.04. The van der Waals surface area contributed by atoms with E-state index in [0.29, 0.717) is 5.69 Å². The maximum atomic E-state index is 11.4. The van der Waals surface area contributed by atoms with E-state index in [1.54, 1.807) is 18.3 Å². The standard InChI is InChI=1S/C9H7BrN2O/c10-6-2-1-5-12-8(13)4-3-7(11)9(6)12/h1-5H,11H2. The minimum atomic E-state index is -0.0782. The Labute approximate surface area is 82.9 Å². The van der Waals surface area contributed by atoms with Gasteiger partial charge in [-0.3, -0.25) is 9.20 Å². The molecular formula is C9H7BrN2O. The van der Waals surface area contributed by atoms with E-state index in [0.717, 1.165) is 9.99 Å². The molecule has 2 aromatic rings. The highest BCUT2D eigenvalue weighted by molar-refractivity contribution is 9.10. The van der Waals surface area contributed by atoms with E-state index in [1.165, 1.54) is 10.5 Å². The normalized spacial score (nSPS) is 10.5. The summed E-state index contributed by atoms with van der Waals surface area (Å²) < 4.78 is 2.34. The number of nitrogens with zero attached hydrogens (tertiary/aromatic N) is 1. The first-order valence-corrected chi connectivity index (χ1v) is 4.55. The van der Waals surface area contributed by atoms with Crippen LogP contribution in [0.15, 0.2) is 39.7 Å². The molecule has 2 rings (SSSR count). The Bertz CT molecular complexity index is 510. The largest absolute Gasteiger partial charge is 0.397 e. The number of nitrogens with two attached hydrogens (primary N) is 1. The molecule has 0 bridgehead atoms. The van der Waals surface area contributed by atoms with E-state index in [-0.39, 0.29) is 5.56 Å². The van der Waals surface area contributed by atoms with E-state index in [9.17, 15) is 4.79 Å². The van der Waals surface area contributed by atoms with Crippen LogP contribution in [0.5, 0.6) is 0 Å². The van der Waals surface area contributed by atoms with Crippen molar-refractivity contribution >= 4 is 27.1 Å². The first-order chi connectivity index (χ1) is 6.20. The van der Waals surface area contributed by atoms with Gasteiger partial charge in [0.25, 0.3) is 5.56 Å². The van der Waals surface area contributed by atoms with Crippen LogP contribution in [0.4, 0.5) is 5.69 Å². The van der Waals surface area contributed by atoms with Crippen LogP contribution in [0, 0.1) is 0 Å². The molecule has 2 N–H and O–H groups in total. The van der Waals surface area contributed by atoms with Crippen LogP contribution in [-0.2, 0) is 0 Å². The summed E-state index contributed by atoms with van der Waals surface area (Å²) in [7, 11) is 0. The zero-order chi connectivity index (χ0) is 9.42. The second kappa shape index (κ2) is 2.88. The predicted molar refractivity (Wildman–Crippen MR) is 55.8 cm³/mol. The van der Waals surface area contributed by atoms with Crippen LogP contribution in [-0.4, -0.2) is 4.40 Å². The van der Waals surface area contributed by atoms with Gasteiger partial charge >= 0.3 is 0 Å². The van der Waals surface area contributed by atoms with Gasteiger partial charge in [0.15, 0.2) is 0 Å². The molecule has 0 aromatic carbocycles. The monoisotopic (exact) mass is 238 g/mol. The van der Waals surface area contributed by atoms with Crippen molar-refractivity contribution in [2.24, 2.45) is 0 Å². The van der Waals surface area contributed by atoms with Crippen LogP contribution in [0.25, 0.3) is 5.52 Å². The summed E-state index contributed by atoms with van der Waals surface area (Å²) in [5.74, 6) is 0. The van der Waals surface area contributed by atoms with Crippen LogP contribution in [0.3, 0.4) is 0 Å². The van der Waals surface area contributed by atoms with Gasteiger partial charge in [-0.1, -0.05) is 0 Å². The molecule has 0 radical (unpaired) electrons. The number of rotatable bonds is 0. The molecular weight excluding hydrogens is 232 g/mol. The molecule has 0 saturated heterocycles. The summed E-state index contributed by atoms with van der Waals surface area (Å²) in [5, 5.41) is 0. The second-order valence-electron chi connectivity index (χ2n) is 2.70. The Kier molecular flexibility index (Phi) is 1.84. The number of fused-ring (bicyclic) bond motifs is 1. The lowest BCUT2D eigenvalue weighted by molar-refractivity contribution is 1.09. The molecule has 66 valence electrons. The molecule has 0 spiro atoms. The Morgan fingerprint density at radius 1 is 1.31 bits per heavy atom. The summed E-state index contributed by atoms with van der Waals surface area (Å²) in [6, 6.07) is 6.71. The lowest BCUT2D eigenvalue weighted by atomic mass is 10.3. The summed E-state index contributed by atoms with van der Waals surface area (Å²) in [6.45, 7) is 0. The first-order valence-electron chi connectivity index (χ1n) is 3.75. The van der Waals surface area contributed by atoms with Gasteiger partial charge in [0.2, 0.25) is 0 Å². The third-order valence-electron chi connectivity index (χ3n) is 1.86. The zero-order valence-electron chi connectivity index (χ0n) is 6.70. The summed E-state index contributed by atoms with van der Waals surface area (Å²) >= 11 is 3.34. The number of anilines is 1. The smallest absolute Gasteiger partial charge is 0.255 e. The second-order valence-corrected chi connectivity index (χ2v) is 3.56. The average molecular weight is 239 g/mol. The number of hydrogen-bond donors (Lipinski definition) is 1. The highest BCUT2D eigenvalue weighted by Gasteiger charge is 2.02. The van der Waals surface area contributed by atoms with Gasteiger partial charge < -0.3 is 5.73 Å². The van der Waals surface area contributed by atoms with Crippen molar-refractivity contribution in [3.63, 3.8) is 0 Å². The maximum absolute atomic E-state index is 11.4. The highest BCUT2D eigenvalue weighted by Crippen LogP contribution is 2.20. The molecule has 0 aliphatic heterocycles. The quantitative estimate of drug-likeness (QED) is 0.759. The number of nitrogen functional groups attached to an aromatic ring is 1. The molecule has 0 saturated carbocycles. The van der Waals surface area contributed by atoms with Crippen LogP contribution in [0.2, 0.25) is 0 Å². The van der Waals surface area contributed by atoms with E-state index in [2.05, 4.69) is 15.9 Å². The molecule has 2 aromatic heterocycles. The fourth-order valence-corrected chi connectivity index (χ4v) is 1.84. The van der Waals surface area contributed by atoms with Crippen molar-refractivity contribution in [3.8, 4) is 0 Å². The molecule has 13 heavy (non-hydrogen) atoms. The van der Waals surface area contributed by atoms with E-state index in [4.69, 9.17) is 5.73 Å². The molecule has 4 heteroatoms. The molecule has 0 aliphatic rings. The minimum Gasteiger partial charge on any atom is -0.397 e. The number of hydrogen-bond acceptors (Lipinski definition) is 2. The van der Waals surface area contributed by atoms with Gasteiger partial charge in [-0.15, -0.1) is 0 Å². The molecule has 0 unspecified atom stereocenters.